The number of aromatic nitrogens is 1. The summed E-state index contributed by atoms with van der Waals surface area (Å²) in [6.07, 6.45) is 4.91. The zero-order chi connectivity index (χ0) is 13.4. The molecule has 1 aromatic carbocycles. The third-order valence-electron chi connectivity index (χ3n) is 3.69. The molecule has 19 heavy (non-hydrogen) atoms. The van der Waals surface area contributed by atoms with Crippen molar-refractivity contribution in [3.05, 3.63) is 40.0 Å². The summed E-state index contributed by atoms with van der Waals surface area (Å²) < 4.78 is 0. The Hall–Kier alpha value is -1.61. The molecule has 0 saturated heterocycles. The van der Waals surface area contributed by atoms with Crippen LogP contribution >= 0.6 is 11.6 Å². The first kappa shape index (κ1) is 12.4. The molecule has 2 aromatic rings. The number of benzene rings is 1. The van der Waals surface area contributed by atoms with Gasteiger partial charge in [0.1, 0.15) is 0 Å². The van der Waals surface area contributed by atoms with E-state index in [1.54, 1.807) is 18.2 Å². The predicted octanol–water partition coefficient (Wildman–Crippen LogP) is 3.86. The van der Waals surface area contributed by atoms with Gasteiger partial charge in [-0.3, -0.25) is 4.98 Å². The molecule has 3 nitrogen and oxygen atoms in total. The highest BCUT2D eigenvalue weighted by molar-refractivity contribution is 6.31. The number of carbonyl (C=O) groups is 1. The first-order chi connectivity index (χ1) is 9.16. The minimum atomic E-state index is -0.868. The fourth-order valence-corrected chi connectivity index (χ4v) is 2.99. The molecule has 0 fully saturated rings. The summed E-state index contributed by atoms with van der Waals surface area (Å²) in [7, 11) is 0. The normalized spacial score (nSPS) is 15.0. The maximum Gasteiger partial charge on any atom is 0.336 e. The lowest BCUT2D eigenvalue weighted by atomic mass is 9.97. The van der Waals surface area contributed by atoms with Gasteiger partial charge >= 0.3 is 5.97 Å². The van der Waals surface area contributed by atoms with Gasteiger partial charge in [0.05, 0.1) is 11.1 Å². The molecule has 0 unspecified atom stereocenters. The zero-order valence-corrected chi connectivity index (χ0v) is 11.2. The summed E-state index contributed by atoms with van der Waals surface area (Å²) in [5, 5.41) is 10.8. The van der Waals surface area contributed by atoms with Gasteiger partial charge in [0.15, 0.2) is 0 Å². The number of aromatic carboxylic acids is 1. The lowest BCUT2D eigenvalue weighted by Gasteiger charge is -2.12. The Kier molecular flexibility index (Phi) is 3.15. The Balaban J connectivity index is 2.36. The molecule has 0 spiro atoms. The Bertz CT molecular complexity index is 667. The molecule has 1 aromatic heterocycles. The second-order valence-corrected chi connectivity index (χ2v) is 5.38. The average Bonchev–Trinajstić information content (AvgIpc) is 2.60. The van der Waals surface area contributed by atoms with Gasteiger partial charge in [-0.1, -0.05) is 24.1 Å². The van der Waals surface area contributed by atoms with Crippen LogP contribution in [0.1, 0.15) is 40.9 Å². The van der Waals surface area contributed by atoms with E-state index in [0.29, 0.717) is 21.5 Å². The van der Waals surface area contributed by atoms with E-state index in [1.807, 2.05) is 0 Å². The SMILES string of the molecule is O=C(O)c1c2c(nc3cc(Cl)ccc13)CCCCC2. The molecule has 1 aliphatic carbocycles. The molecule has 98 valence electrons. The smallest absolute Gasteiger partial charge is 0.336 e. The van der Waals surface area contributed by atoms with Gasteiger partial charge in [0.2, 0.25) is 0 Å². The standard InChI is InChI=1S/C15H14ClNO2/c16-9-6-7-11-13(8-9)17-12-5-3-1-2-4-10(12)14(11)15(18)19/h6-8H,1-5H2,(H,18,19). The molecule has 0 bridgehead atoms. The van der Waals surface area contributed by atoms with Gasteiger partial charge in [-0.2, -0.15) is 0 Å². The molecule has 0 atom stereocenters. The molecule has 1 aliphatic rings. The van der Waals surface area contributed by atoms with Crippen LogP contribution in [-0.2, 0) is 12.8 Å². The van der Waals surface area contributed by atoms with Crippen molar-refractivity contribution in [2.75, 3.05) is 0 Å². The van der Waals surface area contributed by atoms with Crippen molar-refractivity contribution in [3.63, 3.8) is 0 Å². The van der Waals surface area contributed by atoms with Crippen molar-refractivity contribution in [2.24, 2.45) is 0 Å². The monoisotopic (exact) mass is 275 g/mol. The summed E-state index contributed by atoms with van der Waals surface area (Å²) in [5.74, 6) is -0.868. The molecular weight excluding hydrogens is 262 g/mol. The first-order valence-corrected chi connectivity index (χ1v) is 6.89. The van der Waals surface area contributed by atoms with Crippen molar-refractivity contribution >= 4 is 28.5 Å². The van der Waals surface area contributed by atoms with Crippen LogP contribution in [0.3, 0.4) is 0 Å². The predicted molar refractivity (Wildman–Crippen MR) is 75.0 cm³/mol. The van der Waals surface area contributed by atoms with Crippen LogP contribution in [0.15, 0.2) is 18.2 Å². The number of carboxylic acid groups (broad SMARTS) is 1. The maximum atomic E-state index is 11.6. The van der Waals surface area contributed by atoms with Crippen LogP contribution < -0.4 is 0 Å². The lowest BCUT2D eigenvalue weighted by Crippen LogP contribution is -2.08. The number of hydrogen-bond donors (Lipinski definition) is 1. The van der Waals surface area contributed by atoms with E-state index in [1.165, 1.54) is 0 Å². The van der Waals surface area contributed by atoms with E-state index in [9.17, 15) is 9.90 Å². The van der Waals surface area contributed by atoms with Gasteiger partial charge in [0.25, 0.3) is 0 Å². The van der Waals surface area contributed by atoms with Crippen LogP contribution in [0.25, 0.3) is 10.9 Å². The second-order valence-electron chi connectivity index (χ2n) is 4.94. The van der Waals surface area contributed by atoms with Crippen molar-refractivity contribution in [1.29, 1.82) is 0 Å². The van der Waals surface area contributed by atoms with E-state index >= 15 is 0 Å². The van der Waals surface area contributed by atoms with Crippen LogP contribution in [0, 0.1) is 0 Å². The number of aryl methyl sites for hydroxylation is 1. The highest BCUT2D eigenvalue weighted by Crippen LogP contribution is 2.30. The van der Waals surface area contributed by atoms with Crippen molar-refractivity contribution in [1.82, 2.24) is 4.98 Å². The van der Waals surface area contributed by atoms with E-state index in [0.717, 1.165) is 43.4 Å². The Morgan fingerprint density at radius 3 is 2.79 bits per heavy atom. The maximum absolute atomic E-state index is 11.6. The van der Waals surface area contributed by atoms with Gasteiger partial charge in [-0.05, 0) is 43.4 Å². The molecule has 0 radical (unpaired) electrons. The first-order valence-electron chi connectivity index (χ1n) is 6.51. The summed E-state index contributed by atoms with van der Waals surface area (Å²) >= 11 is 5.98. The Morgan fingerprint density at radius 2 is 2.00 bits per heavy atom. The summed E-state index contributed by atoms with van der Waals surface area (Å²) in [5.41, 5.74) is 2.95. The molecule has 4 heteroatoms. The number of hydrogen-bond acceptors (Lipinski definition) is 2. The molecular formula is C15H14ClNO2. The minimum Gasteiger partial charge on any atom is -0.478 e. The van der Waals surface area contributed by atoms with E-state index in [2.05, 4.69) is 4.98 Å². The number of nitrogens with zero attached hydrogens (tertiary/aromatic N) is 1. The molecule has 0 amide bonds. The zero-order valence-electron chi connectivity index (χ0n) is 10.4. The number of rotatable bonds is 1. The van der Waals surface area contributed by atoms with Gasteiger partial charge < -0.3 is 5.11 Å². The highest BCUT2D eigenvalue weighted by Gasteiger charge is 2.21. The summed E-state index contributed by atoms with van der Waals surface area (Å²) in [4.78, 5) is 16.3. The number of fused-ring (bicyclic) bond motifs is 2. The largest absolute Gasteiger partial charge is 0.478 e. The van der Waals surface area contributed by atoms with Crippen molar-refractivity contribution in [2.45, 2.75) is 32.1 Å². The molecule has 0 saturated carbocycles. The van der Waals surface area contributed by atoms with Gasteiger partial charge in [-0.15, -0.1) is 0 Å². The summed E-state index contributed by atoms with van der Waals surface area (Å²) in [6.45, 7) is 0. The molecule has 0 aliphatic heterocycles. The topological polar surface area (TPSA) is 50.2 Å². The van der Waals surface area contributed by atoms with Crippen LogP contribution in [0.5, 0.6) is 0 Å². The van der Waals surface area contributed by atoms with E-state index < -0.39 is 5.97 Å². The van der Waals surface area contributed by atoms with Gasteiger partial charge in [0, 0.05) is 16.1 Å². The number of pyridine rings is 1. The molecule has 1 N–H and O–H groups in total. The summed E-state index contributed by atoms with van der Waals surface area (Å²) in [6, 6.07) is 5.23. The number of halogens is 1. The molecule has 3 rings (SSSR count). The van der Waals surface area contributed by atoms with E-state index in [4.69, 9.17) is 11.6 Å². The third-order valence-corrected chi connectivity index (χ3v) is 3.92. The lowest BCUT2D eigenvalue weighted by molar-refractivity contribution is 0.0697. The van der Waals surface area contributed by atoms with Gasteiger partial charge in [-0.25, -0.2) is 4.79 Å². The Morgan fingerprint density at radius 1 is 1.21 bits per heavy atom. The van der Waals surface area contributed by atoms with E-state index in [-0.39, 0.29) is 0 Å². The van der Waals surface area contributed by atoms with Crippen LogP contribution in [0.2, 0.25) is 5.02 Å². The van der Waals surface area contributed by atoms with Crippen LogP contribution in [-0.4, -0.2) is 16.1 Å². The Labute approximate surface area is 116 Å². The minimum absolute atomic E-state index is 0.415. The highest BCUT2D eigenvalue weighted by atomic mass is 35.5. The fraction of sp³-hybridized carbons (Fsp3) is 0.333. The van der Waals surface area contributed by atoms with Crippen molar-refractivity contribution < 1.29 is 9.90 Å². The van der Waals surface area contributed by atoms with Crippen LogP contribution in [0.4, 0.5) is 0 Å². The number of carboxylic acids is 1. The fourth-order valence-electron chi connectivity index (χ4n) is 2.82. The second kappa shape index (κ2) is 4.82. The van der Waals surface area contributed by atoms with Crippen molar-refractivity contribution in [3.8, 4) is 0 Å². The quantitative estimate of drug-likeness (QED) is 0.804. The third kappa shape index (κ3) is 2.19. The average molecular weight is 276 g/mol. The molecule has 1 heterocycles.